The Balaban J connectivity index is 2.65. The first-order chi connectivity index (χ1) is 8.83. The molecule has 0 aromatic rings. The fourth-order valence-electron chi connectivity index (χ4n) is 1.80. The Labute approximate surface area is 111 Å². The molecule has 0 aromatic heterocycles. The Morgan fingerprint density at radius 1 is 1.37 bits per heavy atom. The molecule has 0 radical (unpaired) electrons. The minimum atomic E-state index is -3.74. The zero-order valence-corrected chi connectivity index (χ0v) is 11.2. The maximum Gasteiger partial charge on any atom is 0.321 e. The molecule has 4 N–H and O–H groups in total. The highest BCUT2D eigenvalue weighted by molar-refractivity contribution is 7.90. The third-order valence-corrected chi connectivity index (χ3v) is 4.85. The predicted octanol–water partition coefficient (Wildman–Crippen LogP) is -1.20. The van der Waals surface area contributed by atoms with Crippen molar-refractivity contribution in [1.29, 1.82) is 0 Å². The number of hydrogen-bond donors (Lipinski definition) is 3. The molecule has 1 heterocycles. The lowest BCUT2D eigenvalue weighted by atomic mass is 10.2. The van der Waals surface area contributed by atoms with Crippen molar-refractivity contribution in [2.45, 2.75) is 37.0 Å². The minimum absolute atomic E-state index is 0.160. The van der Waals surface area contributed by atoms with Crippen LogP contribution >= 0.6 is 0 Å². The molecule has 1 saturated heterocycles. The number of hydrogen-bond acceptors (Lipinski definition) is 5. The summed E-state index contributed by atoms with van der Waals surface area (Å²) in [6.07, 6.45) is 0.315. The molecule has 0 spiro atoms. The monoisotopic (exact) mass is 294 g/mol. The van der Waals surface area contributed by atoms with Crippen molar-refractivity contribution in [1.82, 2.24) is 4.72 Å². The molecule has 0 saturated carbocycles. The van der Waals surface area contributed by atoms with Gasteiger partial charge in [0.2, 0.25) is 15.9 Å². The second-order valence-corrected chi connectivity index (χ2v) is 6.36. The Kier molecular flexibility index (Phi) is 5.70. The lowest BCUT2D eigenvalue weighted by molar-refractivity contribution is -0.139. The molecule has 8 nitrogen and oxygen atoms in total. The van der Waals surface area contributed by atoms with E-state index in [0.717, 1.165) is 0 Å². The van der Waals surface area contributed by atoms with Crippen molar-refractivity contribution in [3.8, 4) is 0 Å². The van der Waals surface area contributed by atoms with Crippen LogP contribution in [0.2, 0.25) is 0 Å². The van der Waals surface area contributed by atoms with Gasteiger partial charge in [0.1, 0.15) is 6.04 Å². The number of nitrogens with two attached hydrogens (primary N) is 1. The number of amides is 1. The van der Waals surface area contributed by atoms with Crippen LogP contribution in [-0.4, -0.2) is 49.9 Å². The standard InChI is InChI=1S/C10H18N2O6S/c11-9(13)2-1-8(10(14)15)12-19(16,17)7-3-5-18-6-4-7/h7-8,12H,1-6H2,(H2,11,13)(H,14,15). The highest BCUT2D eigenvalue weighted by Crippen LogP contribution is 2.15. The molecule has 0 bridgehead atoms. The van der Waals surface area contributed by atoms with Gasteiger partial charge in [0, 0.05) is 19.6 Å². The van der Waals surface area contributed by atoms with Crippen molar-refractivity contribution < 1.29 is 27.9 Å². The summed E-state index contributed by atoms with van der Waals surface area (Å²) in [6.45, 7) is 0.676. The van der Waals surface area contributed by atoms with Crippen LogP contribution in [0.1, 0.15) is 25.7 Å². The van der Waals surface area contributed by atoms with Gasteiger partial charge in [-0.15, -0.1) is 0 Å². The average molecular weight is 294 g/mol. The van der Waals surface area contributed by atoms with Crippen LogP contribution in [-0.2, 0) is 24.3 Å². The molecule has 1 rings (SSSR count). The van der Waals surface area contributed by atoms with E-state index in [9.17, 15) is 18.0 Å². The van der Waals surface area contributed by atoms with E-state index in [1.165, 1.54) is 0 Å². The molecule has 0 aliphatic carbocycles. The number of carbonyl (C=O) groups excluding carboxylic acids is 1. The van der Waals surface area contributed by atoms with E-state index >= 15 is 0 Å². The number of primary amides is 1. The van der Waals surface area contributed by atoms with Gasteiger partial charge in [-0.3, -0.25) is 9.59 Å². The predicted molar refractivity (Wildman–Crippen MR) is 65.7 cm³/mol. The fourth-order valence-corrected chi connectivity index (χ4v) is 3.42. The molecule has 1 aliphatic heterocycles. The van der Waals surface area contributed by atoms with Gasteiger partial charge in [-0.05, 0) is 19.3 Å². The van der Waals surface area contributed by atoms with Gasteiger partial charge < -0.3 is 15.6 Å². The molecule has 110 valence electrons. The van der Waals surface area contributed by atoms with Crippen LogP contribution in [0.3, 0.4) is 0 Å². The molecule has 19 heavy (non-hydrogen) atoms. The number of nitrogens with one attached hydrogen (secondary N) is 1. The summed E-state index contributed by atoms with van der Waals surface area (Å²) in [6, 6.07) is -1.33. The highest BCUT2D eigenvalue weighted by Gasteiger charge is 2.32. The van der Waals surface area contributed by atoms with Crippen LogP contribution in [0.25, 0.3) is 0 Å². The minimum Gasteiger partial charge on any atom is -0.480 e. The average Bonchev–Trinajstić information content (AvgIpc) is 2.35. The van der Waals surface area contributed by atoms with Gasteiger partial charge in [0.25, 0.3) is 0 Å². The number of aliphatic carboxylic acids is 1. The van der Waals surface area contributed by atoms with E-state index < -0.39 is 33.2 Å². The van der Waals surface area contributed by atoms with Gasteiger partial charge >= 0.3 is 5.97 Å². The van der Waals surface area contributed by atoms with E-state index in [4.69, 9.17) is 15.6 Å². The van der Waals surface area contributed by atoms with Gasteiger partial charge in [0.05, 0.1) is 5.25 Å². The van der Waals surface area contributed by atoms with Gasteiger partial charge in [-0.2, -0.15) is 0 Å². The summed E-state index contributed by atoms with van der Waals surface area (Å²) >= 11 is 0. The number of rotatable bonds is 7. The second kappa shape index (κ2) is 6.83. The van der Waals surface area contributed by atoms with Gasteiger partial charge in [-0.1, -0.05) is 0 Å². The molecule has 1 amide bonds. The van der Waals surface area contributed by atoms with Crippen LogP contribution < -0.4 is 10.5 Å². The molecule has 1 fully saturated rings. The molecule has 1 unspecified atom stereocenters. The summed E-state index contributed by atoms with van der Waals surface area (Å²) in [5.74, 6) is -1.99. The number of carboxylic acids is 1. The van der Waals surface area contributed by atoms with Crippen LogP contribution in [0.4, 0.5) is 0 Å². The van der Waals surface area contributed by atoms with E-state index in [2.05, 4.69) is 4.72 Å². The summed E-state index contributed by atoms with van der Waals surface area (Å²) in [7, 11) is -3.74. The van der Waals surface area contributed by atoms with Crippen LogP contribution in [0.15, 0.2) is 0 Å². The Hall–Kier alpha value is -1.19. The summed E-state index contributed by atoms with van der Waals surface area (Å²) in [4.78, 5) is 21.6. The number of carbonyl (C=O) groups is 2. The van der Waals surface area contributed by atoms with Crippen LogP contribution in [0, 0.1) is 0 Å². The van der Waals surface area contributed by atoms with Gasteiger partial charge in [-0.25, -0.2) is 13.1 Å². The van der Waals surface area contributed by atoms with Crippen LogP contribution in [0.5, 0.6) is 0 Å². The fraction of sp³-hybridized carbons (Fsp3) is 0.800. The van der Waals surface area contributed by atoms with Crippen molar-refractivity contribution in [3.63, 3.8) is 0 Å². The third kappa shape index (κ3) is 5.13. The molecule has 1 aliphatic rings. The zero-order chi connectivity index (χ0) is 14.5. The lowest BCUT2D eigenvalue weighted by Crippen LogP contribution is -2.46. The summed E-state index contributed by atoms with van der Waals surface area (Å²) in [5, 5.41) is 8.29. The van der Waals surface area contributed by atoms with E-state index in [-0.39, 0.29) is 12.8 Å². The topological polar surface area (TPSA) is 136 Å². The number of sulfonamides is 1. The molecule has 1 atom stereocenters. The first-order valence-corrected chi connectivity index (χ1v) is 7.47. The molecule has 0 aromatic carbocycles. The summed E-state index contributed by atoms with van der Waals surface area (Å²) < 4.78 is 31.2. The second-order valence-electron chi connectivity index (χ2n) is 4.37. The van der Waals surface area contributed by atoms with Crippen molar-refractivity contribution in [2.75, 3.05) is 13.2 Å². The van der Waals surface area contributed by atoms with E-state index in [1.54, 1.807) is 0 Å². The van der Waals surface area contributed by atoms with Crippen molar-refractivity contribution in [3.05, 3.63) is 0 Å². The maximum absolute atomic E-state index is 12.0. The maximum atomic E-state index is 12.0. The van der Waals surface area contributed by atoms with Crippen molar-refractivity contribution in [2.24, 2.45) is 5.73 Å². The molecular weight excluding hydrogens is 276 g/mol. The molecule has 9 heteroatoms. The smallest absolute Gasteiger partial charge is 0.321 e. The van der Waals surface area contributed by atoms with Gasteiger partial charge in [0.15, 0.2) is 0 Å². The first-order valence-electron chi connectivity index (χ1n) is 5.93. The Morgan fingerprint density at radius 3 is 2.42 bits per heavy atom. The largest absolute Gasteiger partial charge is 0.480 e. The van der Waals surface area contributed by atoms with E-state index in [0.29, 0.717) is 26.1 Å². The lowest BCUT2D eigenvalue weighted by Gasteiger charge is -2.24. The normalized spacial score (nSPS) is 18.9. The zero-order valence-electron chi connectivity index (χ0n) is 10.4. The Morgan fingerprint density at radius 2 is 1.95 bits per heavy atom. The number of carboxylic acid groups (broad SMARTS) is 1. The number of ether oxygens (including phenoxy) is 1. The van der Waals surface area contributed by atoms with Crippen molar-refractivity contribution >= 4 is 21.9 Å². The Bertz CT molecular complexity index is 429. The summed E-state index contributed by atoms with van der Waals surface area (Å²) in [5.41, 5.74) is 4.92. The third-order valence-electron chi connectivity index (χ3n) is 2.89. The first kappa shape index (κ1) is 15.9. The highest BCUT2D eigenvalue weighted by atomic mass is 32.2. The SMILES string of the molecule is NC(=O)CCC(NS(=O)(=O)C1CCOCC1)C(=O)O. The quantitative estimate of drug-likeness (QED) is 0.540. The van der Waals surface area contributed by atoms with E-state index in [1.807, 2.05) is 0 Å². The molecular formula is C10H18N2O6S.